The van der Waals surface area contributed by atoms with Gasteiger partial charge in [-0.2, -0.15) is 0 Å². The van der Waals surface area contributed by atoms with E-state index in [1.165, 1.54) is 6.42 Å². The van der Waals surface area contributed by atoms with Gasteiger partial charge >= 0.3 is 0 Å². The van der Waals surface area contributed by atoms with Crippen molar-refractivity contribution in [2.45, 2.75) is 43.7 Å². The number of rotatable bonds is 2. The molecule has 3 atom stereocenters. The van der Waals surface area contributed by atoms with E-state index >= 15 is 0 Å². The fourth-order valence-corrected chi connectivity index (χ4v) is 3.87. The molecule has 1 aliphatic heterocycles. The second-order valence-corrected chi connectivity index (χ2v) is 6.07. The van der Waals surface area contributed by atoms with E-state index < -0.39 is 5.60 Å². The van der Waals surface area contributed by atoms with E-state index in [1.807, 2.05) is 6.07 Å². The van der Waals surface area contributed by atoms with Crippen LogP contribution < -0.4 is 10.1 Å². The lowest BCUT2D eigenvalue weighted by Gasteiger charge is -2.48. The number of aliphatic hydroxyl groups is 1. The number of fused-ring (bicyclic) bond motifs is 1. The Morgan fingerprint density at radius 3 is 2.90 bits per heavy atom. The third-order valence-corrected chi connectivity index (χ3v) is 4.95. The maximum Gasteiger partial charge on any atom is 0.160 e. The number of phenolic OH excluding ortho intramolecular Hbond substituents is 1. The largest absolute Gasteiger partial charge is 0.504 e. The van der Waals surface area contributed by atoms with E-state index in [4.69, 9.17) is 4.74 Å². The van der Waals surface area contributed by atoms with Gasteiger partial charge in [-0.25, -0.2) is 0 Å². The summed E-state index contributed by atoms with van der Waals surface area (Å²) < 4.78 is 5.09. The summed E-state index contributed by atoms with van der Waals surface area (Å²) in [7, 11) is 1.55. The molecule has 4 heteroatoms. The molecule has 1 aromatic carbocycles. The van der Waals surface area contributed by atoms with Crippen LogP contribution in [-0.4, -0.2) is 29.5 Å². The van der Waals surface area contributed by atoms with Gasteiger partial charge in [0.1, 0.15) is 0 Å². The van der Waals surface area contributed by atoms with Crippen LogP contribution in [-0.2, 0) is 0 Å². The molecule has 1 heterocycles. The van der Waals surface area contributed by atoms with Gasteiger partial charge in [0.25, 0.3) is 0 Å². The summed E-state index contributed by atoms with van der Waals surface area (Å²) in [6, 6.07) is 5.65. The molecule has 110 valence electrons. The lowest BCUT2D eigenvalue weighted by molar-refractivity contribution is -0.0861. The number of methoxy groups -OCH3 is 1. The summed E-state index contributed by atoms with van der Waals surface area (Å²) in [6.45, 7) is 0.824. The topological polar surface area (TPSA) is 61.7 Å². The van der Waals surface area contributed by atoms with E-state index in [0.29, 0.717) is 5.75 Å². The molecule has 2 fully saturated rings. The fourth-order valence-electron chi connectivity index (χ4n) is 3.87. The van der Waals surface area contributed by atoms with Crippen LogP contribution in [0.2, 0.25) is 0 Å². The SMILES string of the molecule is COc1ccc([C@@H]2NCC[C@@]3(O)CCCC[C@H]23)cc1O. The predicted octanol–water partition coefficient (Wildman–Crippen LogP) is 2.36. The second kappa shape index (κ2) is 5.26. The number of phenols is 1. The van der Waals surface area contributed by atoms with Gasteiger partial charge in [-0.3, -0.25) is 0 Å². The van der Waals surface area contributed by atoms with E-state index in [1.54, 1.807) is 19.2 Å². The Bertz CT molecular complexity index is 487. The van der Waals surface area contributed by atoms with Crippen LogP contribution >= 0.6 is 0 Å². The highest BCUT2D eigenvalue weighted by Gasteiger charge is 2.45. The van der Waals surface area contributed by atoms with Crippen molar-refractivity contribution in [2.24, 2.45) is 5.92 Å². The van der Waals surface area contributed by atoms with Gasteiger partial charge in [0.15, 0.2) is 11.5 Å². The van der Waals surface area contributed by atoms with E-state index in [2.05, 4.69) is 5.32 Å². The van der Waals surface area contributed by atoms with Gasteiger partial charge in [-0.1, -0.05) is 18.9 Å². The molecule has 1 saturated carbocycles. The van der Waals surface area contributed by atoms with E-state index in [-0.39, 0.29) is 17.7 Å². The summed E-state index contributed by atoms with van der Waals surface area (Å²) in [6.07, 6.45) is 5.07. The highest BCUT2D eigenvalue weighted by atomic mass is 16.5. The van der Waals surface area contributed by atoms with Gasteiger partial charge in [0.2, 0.25) is 0 Å². The summed E-state index contributed by atoms with van der Waals surface area (Å²) in [4.78, 5) is 0. The number of hydrogen-bond donors (Lipinski definition) is 3. The number of piperidine rings is 1. The first-order chi connectivity index (χ1) is 9.64. The van der Waals surface area contributed by atoms with Gasteiger partial charge in [0, 0.05) is 12.0 Å². The first-order valence-corrected chi connectivity index (χ1v) is 7.47. The molecule has 1 aromatic rings. The Hall–Kier alpha value is -1.26. The molecule has 0 spiro atoms. The molecule has 3 rings (SSSR count). The van der Waals surface area contributed by atoms with E-state index in [0.717, 1.165) is 37.8 Å². The van der Waals surface area contributed by atoms with Crippen LogP contribution in [0.25, 0.3) is 0 Å². The van der Waals surface area contributed by atoms with Gasteiger partial charge < -0.3 is 20.3 Å². The summed E-state index contributed by atoms with van der Waals surface area (Å²) >= 11 is 0. The Balaban J connectivity index is 1.90. The molecule has 20 heavy (non-hydrogen) atoms. The van der Waals surface area contributed by atoms with Crippen molar-refractivity contribution in [1.29, 1.82) is 0 Å². The summed E-state index contributed by atoms with van der Waals surface area (Å²) in [5.41, 5.74) is 0.498. The van der Waals surface area contributed by atoms with Gasteiger partial charge in [0.05, 0.1) is 12.7 Å². The van der Waals surface area contributed by atoms with E-state index in [9.17, 15) is 10.2 Å². The monoisotopic (exact) mass is 277 g/mol. The third-order valence-electron chi connectivity index (χ3n) is 4.95. The van der Waals surface area contributed by atoms with Crippen LogP contribution in [0, 0.1) is 5.92 Å². The zero-order chi connectivity index (χ0) is 14.2. The second-order valence-electron chi connectivity index (χ2n) is 6.07. The highest BCUT2D eigenvalue weighted by Crippen LogP contribution is 2.46. The Labute approximate surface area is 119 Å². The van der Waals surface area contributed by atoms with Gasteiger partial charge in [-0.15, -0.1) is 0 Å². The van der Waals surface area contributed by atoms with Crippen LogP contribution in [0.15, 0.2) is 18.2 Å². The van der Waals surface area contributed by atoms with Crippen molar-refractivity contribution in [1.82, 2.24) is 5.32 Å². The lowest BCUT2D eigenvalue weighted by atomic mass is 9.67. The molecule has 0 aromatic heterocycles. The average molecular weight is 277 g/mol. The summed E-state index contributed by atoms with van der Waals surface area (Å²) in [5.74, 6) is 0.887. The van der Waals surface area contributed by atoms with Crippen molar-refractivity contribution >= 4 is 0 Å². The summed E-state index contributed by atoms with van der Waals surface area (Å²) in [5, 5.41) is 24.3. The van der Waals surface area contributed by atoms with Crippen molar-refractivity contribution in [3.05, 3.63) is 23.8 Å². The smallest absolute Gasteiger partial charge is 0.160 e. The molecule has 4 nitrogen and oxygen atoms in total. The zero-order valence-electron chi connectivity index (χ0n) is 11.9. The molecule has 0 bridgehead atoms. The number of ether oxygens (including phenoxy) is 1. The highest BCUT2D eigenvalue weighted by molar-refractivity contribution is 5.43. The van der Waals surface area contributed by atoms with Crippen molar-refractivity contribution in [3.8, 4) is 11.5 Å². The maximum atomic E-state index is 10.9. The standard InChI is InChI=1S/C16H23NO3/c1-20-14-6-5-11(10-13(14)18)15-12-4-2-3-7-16(12,19)8-9-17-15/h5-6,10,12,15,17-19H,2-4,7-9H2,1H3/t12-,15+,16+/m1/s1. The fraction of sp³-hybridized carbons (Fsp3) is 0.625. The number of hydrogen-bond acceptors (Lipinski definition) is 4. The minimum atomic E-state index is -0.538. The van der Waals surface area contributed by atoms with Crippen molar-refractivity contribution in [2.75, 3.05) is 13.7 Å². The Kier molecular flexibility index (Phi) is 3.61. The minimum Gasteiger partial charge on any atom is -0.504 e. The molecular formula is C16H23NO3. The molecule has 1 saturated heterocycles. The minimum absolute atomic E-state index is 0.117. The molecule has 3 N–H and O–H groups in total. The number of nitrogens with one attached hydrogen (secondary N) is 1. The number of benzene rings is 1. The lowest BCUT2D eigenvalue weighted by Crippen LogP contribution is -2.53. The van der Waals surface area contributed by atoms with Crippen LogP contribution in [0.1, 0.15) is 43.7 Å². The van der Waals surface area contributed by atoms with Crippen LogP contribution in [0.3, 0.4) is 0 Å². The molecule has 0 amide bonds. The molecule has 1 aliphatic carbocycles. The number of aromatic hydroxyl groups is 1. The van der Waals surface area contributed by atoms with Crippen molar-refractivity contribution in [3.63, 3.8) is 0 Å². The Morgan fingerprint density at radius 2 is 2.15 bits per heavy atom. The van der Waals surface area contributed by atoms with Crippen LogP contribution in [0.4, 0.5) is 0 Å². The van der Waals surface area contributed by atoms with Crippen LogP contribution in [0.5, 0.6) is 11.5 Å². The van der Waals surface area contributed by atoms with Gasteiger partial charge in [-0.05, 0) is 43.5 Å². The maximum absolute atomic E-state index is 10.9. The molecule has 0 unspecified atom stereocenters. The quantitative estimate of drug-likeness (QED) is 0.776. The van der Waals surface area contributed by atoms with Crippen molar-refractivity contribution < 1.29 is 14.9 Å². The average Bonchev–Trinajstić information content (AvgIpc) is 2.45. The molecular weight excluding hydrogens is 254 g/mol. The Morgan fingerprint density at radius 1 is 1.30 bits per heavy atom. The zero-order valence-corrected chi connectivity index (χ0v) is 11.9. The molecule has 0 radical (unpaired) electrons. The molecule has 2 aliphatic rings. The normalized spacial score (nSPS) is 33.5. The third kappa shape index (κ3) is 2.27. The predicted molar refractivity (Wildman–Crippen MR) is 76.9 cm³/mol. The first-order valence-electron chi connectivity index (χ1n) is 7.47. The first kappa shape index (κ1) is 13.7.